The second-order valence-electron chi connectivity index (χ2n) is 8.81. The van der Waals surface area contributed by atoms with E-state index in [-0.39, 0.29) is 5.91 Å². The highest BCUT2D eigenvalue weighted by molar-refractivity contribution is 5.76. The van der Waals surface area contributed by atoms with Gasteiger partial charge in [-0.05, 0) is 70.0 Å². The molecule has 1 aromatic carbocycles. The molecule has 1 saturated heterocycles. The number of nitrogens with one attached hydrogen (secondary N) is 1. The van der Waals surface area contributed by atoms with Crippen molar-refractivity contribution in [3.63, 3.8) is 0 Å². The first kappa shape index (κ1) is 23.4. The Bertz CT molecular complexity index is 716. The highest BCUT2D eigenvalue weighted by Gasteiger charge is 2.24. The fraction of sp³-hybridized carbons (Fsp3) is 0.680. The molecule has 6 heteroatoms. The zero-order valence-electron chi connectivity index (χ0n) is 19.0. The molecule has 1 N–H and O–H groups in total. The van der Waals surface area contributed by atoms with Gasteiger partial charge in [0.05, 0.1) is 18.4 Å². The summed E-state index contributed by atoms with van der Waals surface area (Å²) in [5.74, 6) is 1.89. The Labute approximate surface area is 187 Å². The average molecular weight is 427 g/mol. The molecule has 0 aromatic heterocycles. The van der Waals surface area contributed by atoms with Crippen LogP contribution in [0.2, 0.25) is 0 Å². The summed E-state index contributed by atoms with van der Waals surface area (Å²) in [6, 6.07) is 10.8. The number of amides is 1. The Hall–Kier alpha value is -2.26. The van der Waals surface area contributed by atoms with Crippen LogP contribution >= 0.6 is 0 Å². The number of carbonyl (C=O) groups excluding carboxylic acids is 1. The predicted octanol–water partition coefficient (Wildman–Crippen LogP) is 3.97. The van der Waals surface area contributed by atoms with E-state index in [1.54, 1.807) is 0 Å². The van der Waals surface area contributed by atoms with Crippen LogP contribution in [0.1, 0.15) is 58.3 Å². The standard InChI is InChI=1S/C25H38N4O2/c1-2-31-24-8-4-3-7-23(24)29-19-17-28(18-20-29)16-14-21-10-12-22(13-11-21)27-25(30)9-5-6-15-26/h3-4,7-8,21-22H,2,5-6,9-14,16-20H2,1H3,(H,27,30). The molecule has 0 atom stereocenters. The quantitative estimate of drug-likeness (QED) is 0.574. The maximum Gasteiger partial charge on any atom is 0.220 e. The smallest absolute Gasteiger partial charge is 0.220 e. The maximum absolute atomic E-state index is 11.9. The summed E-state index contributed by atoms with van der Waals surface area (Å²) in [6.07, 6.45) is 7.49. The van der Waals surface area contributed by atoms with Gasteiger partial charge < -0.3 is 15.0 Å². The number of para-hydroxylation sites is 2. The van der Waals surface area contributed by atoms with Gasteiger partial charge in [0.15, 0.2) is 0 Å². The number of ether oxygens (including phenoxy) is 1. The lowest BCUT2D eigenvalue weighted by atomic mass is 9.84. The number of nitrogens with zero attached hydrogens (tertiary/aromatic N) is 3. The van der Waals surface area contributed by atoms with Crippen molar-refractivity contribution in [3.05, 3.63) is 24.3 Å². The SMILES string of the molecule is CCOc1ccccc1N1CCN(CCC2CCC(NC(=O)CCCC#N)CC2)CC1. The molecule has 1 aromatic rings. The van der Waals surface area contributed by atoms with E-state index in [2.05, 4.69) is 39.4 Å². The van der Waals surface area contributed by atoms with E-state index < -0.39 is 0 Å². The van der Waals surface area contributed by atoms with Crippen molar-refractivity contribution >= 4 is 11.6 Å². The van der Waals surface area contributed by atoms with E-state index >= 15 is 0 Å². The van der Waals surface area contributed by atoms with Gasteiger partial charge >= 0.3 is 0 Å². The minimum absolute atomic E-state index is 0.113. The lowest BCUT2D eigenvalue weighted by Gasteiger charge is -2.37. The fourth-order valence-electron chi connectivity index (χ4n) is 4.80. The summed E-state index contributed by atoms with van der Waals surface area (Å²) in [4.78, 5) is 17.0. The first-order valence-corrected chi connectivity index (χ1v) is 12.0. The number of anilines is 1. The van der Waals surface area contributed by atoms with Crippen LogP contribution in [-0.4, -0.2) is 56.2 Å². The molecular formula is C25H38N4O2. The Morgan fingerprint density at radius 2 is 1.90 bits per heavy atom. The number of hydrogen-bond acceptors (Lipinski definition) is 5. The van der Waals surface area contributed by atoms with Crippen molar-refractivity contribution in [2.24, 2.45) is 5.92 Å². The summed E-state index contributed by atoms with van der Waals surface area (Å²) in [7, 11) is 0. The molecule has 1 aliphatic heterocycles. The van der Waals surface area contributed by atoms with E-state index in [1.807, 2.05) is 13.0 Å². The van der Waals surface area contributed by atoms with Crippen molar-refractivity contribution < 1.29 is 9.53 Å². The molecule has 170 valence electrons. The largest absolute Gasteiger partial charge is 0.492 e. The molecular weight excluding hydrogens is 388 g/mol. The molecule has 6 nitrogen and oxygen atoms in total. The number of benzene rings is 1. The lowest BCUT2D eigenvalue weighted by Crippen LogP contribution is -2.47. The molecule has 0 radical (unpaired) electrons. The van der Waals surface area contributed by atoms with Gasteiger partial charge in [0.1, 0.15) is 5.75 Å². The molecule has 0 bridgehead atoms. The fourth-order valence-corrected chi connectivity index (χ4v) is 4.80. The Kier molecular flexibility index (Phi) is 9.48. The predicted molar refractivity (Wildman–Crippen MR) is 124 cm³/mol. The van der Waals surface area contributed by atoms with Crippen molar-refractivity contribution in [1.29, 1.82) is 5.26 Å². The molecule has 2 fully saturated rings. The summed E-state index contributed by atoms with van der Waals surface area (Å²) in [5, 5.41) is 11.7. The monoisotopic (exact) mass is 426 g/mol. The third-order valence-electron chi connectivity index (χ3n) is 6.64. The van der Waals surface area contributed by atoms with Crippen LogP contribution in [0.4, 0.5) is 5.69 Å². The van der Waals surface area contributed by atoms with Crippen LogP contribution in [0.15, 0.2) is 24.3 Å². The van der Waals surface area contributed by atoms with Crippen LogP contribution in [0.25, 0.3) is 0 Å². The van der Waals surface area contributed by atoms with E-state index in [0.29, 0.717) is 31.9 Å². The average Bonchev–Trinajstić information content (AvgIpc) is 2.80. The normalized spacial score (nSPS) is 22.0. The molecule has 1 heterocycles. The molecule has 1 amide bonds. The van der Waals surface area contributed by atoms with Crippen molar-refractivity contribution in [3.8, 4) is 11.8 Å². The second-order valence-corrected chi connectivity index (χ2v) is 8.81. The third-order valence-corrected chi connectivity index (χ3v) is 6.64. The zero-order chi connectivity index (χ0) is 21.9. The summed E-state index contributed by atoms with van der Waals surface area (Å²) >= 11 is 0. The van der Waals surface area contributed by atoms with Gasteiger partial charge in [-0.1, -0.05) is 12.1 Å². The van der Waals surface area contributed by atoms with E-state index in [4.69, 9.17) is 10.00 Å². The van der Waals surface area contributed by atoms with E-state index in [1.165, 1.54) is 31.5 Å². The number of unbranched alkanes of at least 4 members (excludes halogenated alkanes) is 1. The topological polar surface area (TPSA) is 68.6 Å². The van der Waals surface area contributed by atoms with Gasteiger partial charge in [-0.2, -0.15) is 5.26 Å². The number of rotatable bonds is 10. The molecule has 0 unspecified atom stereocenters. The van der Waals surface area contributed by atoms with Gasteiger partial charge in [-0.15, -0.1) is 0 Å². The first-order valence-electron chi connectivity index (χ1n) is 12.0. The highest BCUT2D eigenvalue weighted by atomic mass is 16.5. The molecule has 1 saturated carbocycles. The molecule has 2 aliphatic rings. The summed E-state index contributed by atoms with van der Waals surface area (Å²) < 4.78 is 5.81. The zero-order valence-corrected chi connectivity index (χ0v) is 19.0. The van der Waals surface area contributed by atoms with Crippen molar-refractivity contribution in [2.45, 2.75) is 64.3 Å². The second kappa shape index (κ2) is 12.6. The molecule has 31 heavy (non-hydrogen) atoms. The lowest BCUT2D eigenvalue weighted by molar-refractivity contribution is -0.122. The summed E-state index contributed by atoms with van der Waals surface area (Å²) in [5.41, 5.74) is 1.22. The van der Waals surface area contributed by atoms with Gasteiger partial charge in [0.25, 0.3) is 0 Å². The number of nitriles is 1. The Balaban J connectivity index is 1.32. The summed E-state index contributed by atoms with van der Waals surface area (Å²) in [6.45, 7) is 8.22. The van der Waals surface area contributed by atoms with Gasteiger partial charge in [0.2, 0.25) is 5.91 Å². The Morgan fingerprint density at radius 1 is 1.16 bits per heavy atom. The van der Waals surface area contributed by atoms with Crippen LogP contribution in [0.5, 0.6) is 5.75 Å². The Morgan fingerprint density at radius 3 is 2.61 bits per heavy atom. The van der Waals surface area contributed by atoms with Gasteiger partial charge in [-0.3, -0.25) is 9.69 Å². The maximum atomic E-state index is 11.9. The van der Waals surface area contributed by atoms with E-state index in [0.717, 1.165) is 50.7 Å². The molecule has 3 rings (SSSR count). The number of hydrogen-bond donors (Lipinski definition) is 1. The number of piperazine rings is 1. The van der Waals surface area contributed by atoms with E-state index in [9.17, 15) is 4.79 Å². The number of carbonyl (C=O) groups is 1. The van der Waals surface area contributed by atoms with Crippen LogP contribution in [-0.2, 0) is 4.79 Å². The van der Waals surface area contributed by atoms with Crippen molar-refractivity contribution in [2.75, 3.05) is 44.2 Å². The van der Waals surface area contributed by atoms with Crippen LogP contribution in [0, 0.1) is 17.2 Å². The van der Waals surface area contributed by atoms with Crippen LogP contribution in [0.3, 0.4) is 0 Å². The molecule has 1 aliphatic carbocycles. The minimum atomic E-state index is 0.113. The molecule has 0 spiro atoms. The van der Waals surface area contributed by atoms with Crippen LogP contribution < -0.4 is 15.0 Å². The third kappa shape index (κ3) is 7.43. The highest BCUT2D eigenvalue weighted by Crippen LogP contribution is 2.30. The minimum Gasteiger partial charge on any atom is -0.492 e. The van der Waals surface area contributed by atoms with Gasteiger partial charge in [-0.25, -0.2) is 0 Å². The van der Waals surface area contributed by atoms with Crippen molar-refractivity contribution in [1.82, 2.24) is 10.2 Å². The van der Waals surface area contributed by atoms with Gasteiger partial charge in [0, 0.05) is 45.1 Å². The first-order chi connectivity index (χ1) is 15.2.